The summed E-state index contributed by atoms with van der Waals surface area (Å²) in [6, 6.07) is 26.4. The predicted octanol–water partition coefficient (Wildman–Crippen LogP) is 5.20. The highest BCUT2D eigenvalue weighted by Gasteiger charge is 2.16. The van der Waals surface area contributed by atoms with Crippen LogP contribution in [0.25, 0.3) is 0 Å². The summed E-state index contributed by atoms with van der Waals surface area (Å²) in [6.45, 7) is 3.16. The Morgan fingerprint density at radius 3 is 1.80 bits per heavy atom. The van der Waals surface area contributed by atoms with Gasteiger partial charge in [-0.25, -0.2) is 9.59 Å². The Labute approximate surface area is 176 Å². The van der Waals surface area contributed by atoms with Gasteiger partial charge in [0.15, 0.2) is 0 Å². The van der Waals surface area contributed by atoms with Gasteiger partial charge in [-0.1, -0.05) is 72.8 Å². The number of carbonyl (C=O) groups is 2. The fraction of sp³-hybridized carbons (Fsp3) is 0.200. The fourth-order valence-electron chi connectivity index (χ4n) is 2.98. The van der Waals surface area contributed by atoms with Crippen LogP contribution in [0.15, 0.2) is 84.9 Å². The van der Waals surface area contributed by atoms with Crippen LogP contribution in [0.5, 0.6) is 0 Å². The minimum atomic E-state index is -0.378. The van der Waals surface area contributed by atoms with Crippen LogP contribution in [0.1, 0.15) is 34.0 Å². The first-order valence-electron chi connectivity index (χ1n) is 9.91. The number of rotatable bonds is 8. The van der Waals surface area contributed by atoms with Gasteiger partial charge in [0, 0.05) is 13.1 Å². The Bertz CT molecular complexity index is 940. The molecule has 0 saturated heterocycles. The maximum absolute atomic E-state index is 12.4. The highest BCUT2D eigenvalue weighted by Crippen LogP contribution is 2.14. The number of benzene rings is 3. The minimum Gasteiger partial charge on any atom is -0.457 e. The lowest BCUT2D eigenvalue weighted by molar-refractivity contribution is 0.0472. The van der Waals surface area contributed by atoms with E-state index in [1.807, 2.05) is 72.8 Å². The molecule has 3 aromatic carbocycles. The summed E-state index contributed by atoms with van der Waals surface area (Å²) in [6.07, 6.45) is -0.368. The van der Waals surface area contributed by atoms with Crippen LogP contribution in [-0.4, -0.2) is 23.6 Å². The van der Waals surface area contributed by atoms with Crippen molar-refractivity contribution < 1.29 is 19.1 Å². The average molecular weight is 403 g/mol. The van der Waals surface area contributed by atoms with Gasteiger partial charge in [-0.3, -0.25) is 4.90 Å². The molecule has 0 unspecified atom stereocenters. The molecule has 0 N–H and O–H groups in total. The first-order chi connectivity index (χ1) is 14.7. The van der Waals surface area contributed by atoms with Gasteiger partial charge in [0.25, 0.3) is 0 Å². The van der Waals surface area contributed by atoms with Gasteiger partial charge in [-0.2, -0.15) is 0 Å². The van der Waals surface area contributed by atoms with E-state index in [4.69, 9.17) is 9.47 Å². The monoisotopic (exact) mass is 403 g/mol. The van der Waals surface area contributed by atoms with Crippen LogP contribution in [0, 0.1) is 0 Å². The van der Waals surface area contributed by atoms with Gasteiger partial charge in [0.05, 0.1) is 12.2 Å². The molecule has 0 radical (unpaired) electrons. The van der Waals surface area contributed by atoms with Gasteiger partial charge in [0.2, 0.25) is 0 Å². The van der Waals surface area contributed by atoms with Crippen LogP contribution in [-0.2, 0) is 29.2 Å². The summed E-state index contributed by atoms with van der Waals surface area (Å²) in [4.78, 5) is 26.3. The number of ether oxygens (including phenoxy) is 2. The van der Waals surface area contributed by atoms with E-state index in [1.165, 1.54) is 0 Å². The van der Waals surface area contributed by atoms with Crippen LogP contribution in [0.3, 0.4) is 0 Å². The lowest BCUT2D eigenvalue weighted by Crippen LogP contribution is -2.30. The highest BCUT2D eigenvalue weighted by atomic mass is 16.6. The van der Waals surface area contributed by atoms with E-state index in [0.29, 0.717) is 25.3 Å². The molecule has 0 fully saturated rings. The zero-order valence-electron chi connectivity index (χ0n) is 17.0. The maximum atomic E-state index is 12.4. The van der Waals surface area contributed by atoms with Gasteiger partial charge in [-0.05, 0) is 35.7 Å². The molecule has 0 aliphatic heterocycles. The van der Waals surface area contributed by atoms with E-state index in [1.54, 1.807) is 24.0 Å². The van der Waals surface area contributed by atoms with Crippen LogP contribution in [0.2, 0.25) is 0 Å². The normalized spacial score (nSPS) is 10.3. The van der Waals surface area contributed by atoms with Crippen LogP contribution < -0.4 is 0 Å². The zero-order valence-corrected chi connectivity index (χ0v) is 17.0. The Morgan fingerprint density at radius 2 is 1.23 bits per heavy atom. The van der Waals surface area contributed by atoms with Gasteiger partial charge in [0.1, 0.15) is 6.61 Å². The molecule has 0 aromatic heterocycles. The van der Waals surface area contributed by atoms with E-state index in [2.05, 4.69) is 0 Å². The zero-order chi connectivity index (χ0) is 21.2. The van der Waals surface area contributed by atoms with Crippen molar-refractivity contribution in [3.63, 3.8) is 0 Å². The minimum absolute atomic E-state index is 0.231. The SMILES string of the molecule is CCOC(=O)N(Cc1ccccc1)Cc1ccc(C(=O)OCc2ccccc2)cc1. The Morgan fingerprint density at radius 1 is 0.700 bits per heavy atom. The van der Waals surface area contributed by atoms with Crippen molar-refractivity contribution >= 4 is 12.1 Å². The van der Waals surface area contributed by atoms with Crippen molar-refractivity contribution in [2.45, 2.75) is 26.6 Å². The number of carbonyl (C=O) groups excluding carboxylic acids is 2. The second-order valence-electron chi connectivity index (χ2n) is 6.80. The van der Waals surface area contributed by atoms with E-state index in [0.717, 1.165) is 16.7 Å². The van der Waals surface area contributed by atoms with Gasteiger partial charge < -0.3 is 9.47 Å². The predicted molar refractivity (Wildman–Crippen MR) is 115 cm³/mol. The third kappa shape index (κ3) is 6.21. The summed E-state index contributed by atoms with van der Waals surface area (Å²) >= 11 is 0. The Kier molecular flexibility index (Phi) is 7.61. The molecule has 0 spiro atoms. The van der Waals surface area contributed by atoms with Crippen molar-refractivity contribution in [1.29, 1.82) is 0 Å². The van der Waals surface area contributed by atoms with E-state index < -0.39 is 0 Å². The molecule has 0 atom stereocenters. The number of nitrogens with zero attached hydrogens (tertiary/aromatic N) is 1. The summed E-state index contributed by atoms with van der Waals surface area (Å²) in [5.74, 6) is -0.378. The van der Waals surface area contributed by atoms with Gasteiger partial charge >= 0.3 is 12.1 Å². The van der Waals surface area contributed by atoms with Crippen molar-refractivity contribution in [2.75, 3.05) is 6.61 Å². The lowest BCUT2D eigenvalue weighted by Gasteiger charge is -2.22. The third-order valence-electron chi connectivity index (χ3n) is 4.52. The molecule has 0 heterocycles. The van der Waals surface area contributed by atoms with Crippen molar-refractivity contribution in [3.8, 4) is 0 Å². The molecule has 154 valence electrons. The first kappa shape index (κ1) is 21.1. The maximum Gasteiger partial charge on any atom is 0.410 e. The van der Waals surface area contributed by atoms with Crippen molar-refractivity contribution in [2.24, 2.45) is 0 Å². The Hall–Kier alpha value is -3.60. The second kappa shape index (κ2) is 10.8. The molecule has 0 aliphatic rings. The average Bonchev–Trinajstić information content (AvgIpc) is 2.79. The molecule has 0 aliphatic carbocycles. The molecule has 0 bridgehead atoms. The topological polar surface area (TPSA) is 55.8 Å². The van der Waals surface area contributed by atoms with Crippen LogP contribution >= 0.6 is 0 Å². The molecule has 3 rings (SSSR count). The molecule has 5 nitrogen and oxygen atoms in total. The highest BCUT2D eigenvalue weighted by molar-refractivity contribution is 5.89. The lowest BCUT2D eigenvalue weighted by atomic mass is 10.1. The standard InChI is InChI=1S/C25H25NO4/c1-2-29-25(28)26(17-20-9-5-3-6-10-20)18-21-13-15-23(16-14-21)24(27)30-19-22-11-7-4-8-12-22/h3-16H,2,17-19H2,1H3. The Balaban J connectivity index is 1.62. The third-order valence-corrected chi connectivity index (χ3v) is 4.52. The number of esters is 1. The molecular formula is C25H25NO4. The number of hydrogen-bond acceptors (Lipinski definition) is 4. The van der Waals surface area contributed by atoms with E-state index in [-0.39, 0.29) is 18.7 Å². The molecule has 1 amide bonds. The van der Waals surface area contributed by atoms with Crippen molar-refractivity contribution in [1.82, 2.24) is 4.90 Å². The summed E-state index contributed by atoms with van der Waals surface area (Å²) < 4.78 is 10.6. The number of amides is 1. The smallest absolute Gasteiger partial charge is 0.410 e. The molecular weight excluding hydrogens is 378 g/mol. The van der Waals surface area contributed by atoms with Crippen molar-refractivity contribution in [3.05, 3.63) is 107 Å². The molecule has 30 heavy (non-hydrogen) atoms. The summed E-state index contributed by atoms with van der Waals surface area (Å²) in [5.41, 5.74) is 3.33. The molecule has 0 saturated carbocycles. The van der Waals surface area contributed by atoms with E-state index >= 15 is 0 Å². The first-order valence-corrected chi connectivity index (χ1v) is 9.91. The summed E-state index contributed by atoms with van der Waals surface area (Å²) in [5, 5.41) is 0. The number of hydrogen-bond donors (Lipinski definition) is 0. The van der Waals surface area contributed by atoms with Gasteiger partial charge in [-0.15, -0.1) is 0 Å². The van der Waals surface area contributed by atoms with Crippen LogP contribution in [0.4, 0.5) is 4.79 Å². The quantitative estimate of drug-likeness (QED) is 0.485. The second-order valence-corrected chi connectivity index (χ2v) is 6.80. The van der Waals surface area contributed by atoms with E-state index in [9.17, 15) is 9.59 Å². The molecule has 5 heteroatoms. The molecule has 3 aromatic rings. The largest absolute Gasteiger partial charge is 0.457 e. The fourth-order valence-corrected chi connectivity index (χ4v) is 2.98. The summed E-state index contributed by atoms with van der Waals surface area (Å²) in [7, 11) is 0.